The van der Waals surface area contributed by atoms with Gasteiger partial charge in [-0.1, -0.05) is 42.5 Å². The maximum absolute atomic E-state index is 13.6. The molecule has 2 aromatic rings. The van der Waals surface area contributed by atoms with Crippen molar-refractivity contribution < 1.29 is 33.6 Å². The SMILES string of the molecule is CC(=O)CC(C=O)NC(=O)CN1C(=O)C(NC(=O)C(=O)c2ccccc2)CN(C(C)=O)c2ccccc21. The van der Waals surface area contributed by atoms with E-state index in [9.17, 15) is 33.6 Å². The first-order chi connectivity index (χ1) is 17.6. The van der Waals surface area contributed by atoms with Crippen LogP contribution in [0.3, 0.4) is 0 Å². The van der Waals surface area contributed by atoms with E-state index in [0.29, 0.717) is 12.0 Å². The lowest BCUT2D eigenvalue weighted by Crippen LogP contribution is -2.55. The van der Waals surface area contributed by atoms with Crippen molar-refractivity contribution in [2.45, 2.75) is 32.4 Å². The Balaban J connectivity index is 1.92. The summed E-state index contributed by atoms with van der Waals surface area (Å²) in [6, 6.07) is 11.7. The highest BCUT2D eigenvalue weighted by Gasteiger charge is 2.37. The van der Waals surface area contributed by atoms with Gasteiger partial charge in [-0.2, -0.15) is 0 Å². The van der Waals surface area contributed by atoms with Crippen molar-refractivity contribution >= 4 is 52.9 Å². The summed E-state index contributed by atoms with van der Waals surface area (Å²) in [5.41, 5.74) is 0.658. The Bertz CT molecular complexity index is 1240. The number of amides is 4. The van der Waals surface area contributed by atoms with E-state index in [1.54, 1.807) is 36.4 Å². The van der Waals surface area contributed by atoms with Gasteiger partial charge in [-0.3, -0.25) is 33.7 Å². The van der Waals surface area contributed by atoms with Crippen LogP contribution in [0.5, 0.6) is 0 Å². The lowest BCUT2D eigenvalue weighted by Gasteiger charge is -2.25. The van der Waals surface area contributed by atoms with Gasteiger partial charge in [0.1, 0.15) is 24.7 Å². The molecule has 0 fully saturated rings. The number of carbonyl (C=O) groups excluding carboxylic acids is 7. The molecule has 2 aromatic carbocycles. The number of nitrogens with zero attached hydrogens (tertiary/aromatic N) is 2. The van der Waals surface area contributed by atoms with Crippen molar-refractivity contribution in [1.82, 2.24) is 10.6 Å². The fraction of sp³-hybridized carbons (Fsp3) is 0.269. The second-order valence-electron chi connectivity index (χ2n) is 8.48. The maximum atomic E-state index is 13.6. The largest absolute Gasteiger partial charge is 0.345 e. The summed E-state index contributed by atoms with van der Waals surface area (Å²) in [7, 11) is 0. The molecule has 2 N–H and O–H groups in total. The molecule has 0 bridgehead atoms. The van der Waals surface area contributed by atoms with Crippen LogP contribution in [0.25, 0.3) is 0 Å². The molecule has 11 nitrogen and oxygen atoms in total. The molecule has 2 atom stereocenters. The number of fused-ring (bicyclic) bond motifs is 1. The predicted octanol–water partition coefficient (Wildman–Crippen LogP) is 0.417. The molecule has 0 saturated heterocycles. The summed E-state index contributed by atoms with van der Waals surface area (Å²) < 4.78 is 0. The topological polar surface area (TPSA) is 150 Å². The molecule has 2 unspecified atom stereocenters. The average Bonchev–Trinajstić information content (AvgIpc) is 2.98. The Morgan fingerprint density at radius 1 is 0.973 bits per heavy atom. The molecule has 4 amide bonds. The normalized spacial score (nSPS) is 15.6. The Morgan fingerprint density at radius 2 is 1.59 bits per heavy atom. The van der Waals surface area contributed by atoms with Crippen molar-refractivity contribution in [2.75, 3.05) is 22.9 Å². The van der Waals surface area contributed by atoms with Crippen molar-refractivity contribution in [2.24, 2.45) is 0 Å². The number of Topliss-reactive ketones (excluding diaryl/α,β-unsaturated/α-hetero) is 2. The first kappa shape index (κ1) is 26.9. The van der Waals surface area contributed by atoms with E-state index >= 15 is 0 Å². The zero-order valence-corrected chi connectivity index (χ0v) is 20.3. The van der Waals surface area contributed by atoms with Gasteiger partial charge < -0.3 is 20.3 Å². The van der Waals surface area contributed by atoms with E-state index in [1.165, 1.54) is 36.9 Å². The van der Waals surface area contributed by atoms with E-state index in [0.717, 1.165) is 4.90 Å². The van der Waals surface area contributed by atoms with Gasteiger partial charge in [0.05, 0.1) is 24.0 Å². The molecule has 3 rings (SSSR count). The molecule has 1 heterocycles. The summed E-state index contributed by atoms with van der Waals surface area (Å²) in [4.78, 5) is 89.2. The zero-order valence-electron chi connectivity index (χ0n) is 20.3. The van der Waals surface area contributed by atoms with Gasteiger partial charge >= 0.3 is 0 Å². The van der Waals surface area contributed by atoms with Crippen molar-refractivity contribution in [1.29, 1.82) is 0 Å². The number of anilines is 2. The number of ketones is 2. The highest BCUT2D eigenvalue weighted by Crippen LogP contribution is 2.32. The Hall–Kier alpha value is -4.67. The smallest absolute Gasteiger partial charge is 0.293 e. The second-order valence-corrected chi connectivity index (χ2v) is 8.48. The Kier molecular flexibility index (Phi) is 8.62. The van der Waals surface area contributed by atoms with Gasteiger partial charge in [0, 0.05) is 18.9 Å². The molecule has 0 aromatic heterocycles. The number of benzene rings is 2. The molecular formula is C26H26N4O7. The predicted molar refractivity (Wildman–Crippen MR) is 133 cm³/mol. The van der Waals surface area contributed by atoms with Gasteiger partial charge in [0.2, 0.25) is 17.6 Å². The van der Waals surface area contributed by atoms with Gasteiger partial charge in [-0.25, -0.2) is 0 Å². The Morgan fingerprint density at radius 3 is 2.19 bits per heavy atom. The molecule has 0 radical (unpaired) electrons. The minimum Gasteiger partial charge on any atom is -0.345 e. The van der Waals surface area contributed by atoms with E-state index in [1.807, 2.05) is 0 Å². The van der Waals surface area contributed by atoms with Crippen LogP contribution in [0.15, 0.2) is 54.6 Å². The fourth-order valence-corrected chi connectivity index (χ4v) is 3.94. The van der Waals surface area contributed by atoms with Crippen LogP contribution in [-0.4, -0.2) is 66.7 Å². The third kappa shape index (κ3) is 6.51. The first-order valence-electron chi connectivity index (χ1n) is 11.4. The van der Waals surface area contributed by atoms with E-state index in [4.69, 9.17) is 0 Å². The van der Waals surface area contributed by atoms with Crippen LogP contribution in [0.2, 0.25) is 0 Å². The number of carbonyl (C=O) groups is 7. The minimum atomic E-state index is -1.36. The number of hydrogen-bond acceptors (Lipinski definition) is 7. The number of aldehydes is 1. The number of hydrogen-bond donors (Lipinski definition) is 2. The summed E-state index contributed by atoms with van der Waals surface area (Å²) >= 11 is 0. The summed E-state index contributed by atoms with van der Waals surface area (Å²) in [5.74, 6) is -4.13. The monoisotopic (exact) mass is 506 g/mol. The summed E-state index contributed by atoms with van der Waals surface area (Å²) in [5, 5.41) is 4.80. The van der Waals surface area contributed by atoms with E-state index < -0.39 is 48.0 Å². The lowest BCUT2D eigenvalue weighted by atomic mass is 10.1. The molecule has 192 valence electrons. The van der Waals surface area contributed by atoms with Gasteiger partial charge in [0.15, 0.2) is 0 Å². The molecule has 0 saturated carbocycles. The van der Waals surface area contributed by atoms with Gasteiger partial charge in [0.25, 0.3) is 11.8 Å². The van der Waals surface area contributed by atoms with E-state index in [2.05, 4.69) is 10.6 Å². The number of para-hydroxylation sites is 2. The molecule has 0 spiro atoms. The maximum Gasteiger partial charge on any atom is 0.293 e. The molecule has 1 aliphatic rings. The second kappa shape index (κ2) is 11.8. The summed E-state index contributed by atoms with van der Waals surface area (Å²) in [6.07, 6.45) is 0.214. The first-order valence-corrected chi connectivity index (χ1v) is 11.4. The Labute approximate surface area is 212 Å². The van der Waals surface area contributed by atoms with Crippen LogP contribution in [0.4, 0.5) is 11.4 Å². The fourth-order valence-electron chi connectivity index (χ4n) is 3.94. The molecule has 37 heavy (non-hydrogen) atoms. The molecule has 0 aliphatic carbocycles. The quantitative estimate of drug-likeness (QED) is 0.284. The number of rotatable bonds is 9. The van der Waals surface area contributed by atoms with Crippen molar-refractivity contribution in [3.8, 4) is 0 Å². The molecule has 1 aliphatic heterocycles. The summed E-state index contributed by atoms with van der Waals surface area (Å²) in [6.45, 7) is 1.72. The third-order valence-electron chi connectivity index (χ3n) is 5.64. The van der Waals surface area contributed by atoms with E-state index in [-0.39, 0.29) is 30.0 Å². The van der Waals surface area contributed by atoms with Gasteiger partial charge in [-0.05, 0) is 19.1 Å². The van der Waals surface area contributed by atoms with Crippen LogP contribution in [-0.2, 0) is 28.8 Å². The van der Waals surface area contributed by atoms with Gasteiger partial charge in [-0.15, -0.1) is 0 Å². The minimum absolute atomic E-state index is 0.120. The highest BCUT2D eigenvalue weighted by molar-refractivity contribution is 6.43. The number of nitrogens with one attached hydrogen (secondary N) is 2. The van der Waals surface area contributed by atoms with Crippen LogP contribution in [0.1, 0.15) is 30.6 Å². The van der Waals surface area contributed by atoms with Crippen LogP contribution in [0, 0.1) is 0 Å². The lowest BCUT2D eigenvalue weighted by molar-refractivity contribution is -0.128. The zero-order chi connectivity index (χ0) is 27.1. The average molecular weight is 507 g/mol. The third-order valence-corrected chi connectivity index (χ3v) is 5.64. The van der Waals surface area contributed by atoms with Crippen molar-refractivity contribution in [3.05, 3.63) is 60.2 Å². The van der Waals surface area contributed by atoms with Crippen LogP contribution < -0.4 is 20.4 Å². The van der Waals surface area contributed by atoms with Crippen LogP contribution >= 0.6 is 0 Å². The standard InChI is InChI=1S/C26H26N4O7/c1-16(32)12-19(15-31)27-23(34)14-30-22-11-7-6-10-21(22)29(17(2)33)13-20(26(30)37)28-25(36)24(35)18-8-4-3-5-9-18/h3-11,15,19-20H,12-14H2,1-2H3,(H,27,34)(H,28,36). The molecule has 11 heteroatoms. The van der Waals surface area contributed by atoms with Crippen molar-refractivity contribution in [3.63, 3.8) is 0 Å². The molecular weight excluding hydrogens is 480 g/mol. The highest BCUT2D eigenvalue weighted by atomic mass is 16.2.